The summed E-state index contributed by atoms with van der Waals surface area (Å²) in [5, 5.41) is 4.20. The van der Waals surface area contributed by atoms with Crippen molar-refractivity contribution in [3.8, 4) is 0 Å². The second-order valence-corrected chi connectivity index (χ2v) is 4.69. The fourth-order valence-electron chi connectivity index (χ4n) is 2.30. The molecule has 0 amide bonds. The van der Waals surface area contributed by atoms with Gasteiger partial charge in [0.1, 0.15) is 5.82 Å². The predicted octanol–water partition coefficient (Wildman–Crippen LogP) is 0.493. The van der Waals surface area contributed by atoms with Crippen molar-refractivity contribution in [2.24, 2.45) is 0 Å². The number of nitrogens with zero attached hydrogens (tertiary/aromatic N) is 4. The summed E-state index contributed by atoms with van der Waals surface area (Å²) in [7, 11) is 0. The van der Waals surface area contributed by atoms with Crippen LogP contribution in [-0.4, -0.2) is 58.8 Å². The first-order valence-corrected chi connectivity index (χ1v) is 6.51. The van der Waals surface area contributed by atoms with E-state index in [1.54, 1.807) is 0 Å². The lowest BCUT2D eigenvalue weighted by molar-refractivity contribution is 0.128. The molecule has 0 aliphatic carbocycles. The summed E-state index contributed by atoms with van der Waals surface area (Å²) in [5.74, 6) is 0.609. The van der Waals surface area contributed by atoms with Crippen molar-refractivity contribution in [1.82, 2.24) is 19.6 Å². The van der Waals surface area contributed by atoms with E-state index in [0.717, 1.165) is 13.1 Å². The zero-order valence-corrected chi connectivity index (χ0v) is 10.7. The Morgan fingerprint density at radius 1 is 1.12 bits per heavy atom. The van der Waals surface area contributed by atoms with Crippen LogP contribution in [-0.2, 0) is 6.54 Å². The number of anilines is 1. The molecule has 0 saturated carbocycles. The van der Waals surface area contributed by atoms with Gasteiger partial charge in [0.05, 0.1) is 6.54 Å². The second kappa shape index (κ2) is 6.02. The minimum atomic E-state index is 0.609. The van der Waals surface area contributed by atoms with E-state index in [4.69, 9.17) is 5.73 Å². The third-order valence-electron chi connectivity index (χ3n) is 3.31. The number of rotatable bonds is 5. The van der Waals surface area contributed by atoms with Crippen molar-refractivity contribution in [2.45, 2.75) is 19.9 Å². The summed E-state index contributed by atoms with van der Waals surface area (Å²) in [5.41, 5.74) is 5.59. The zero-order valence-electron chi connectivity index (χ0n) is 10.7. The molecule has 5 nitrogen and oxygen atoms in total. The minimum absolute atomic E-state index is 0.609. The summed E-state index contributed by atoms with van der Waals surface area (Å²) < 4.78 is 1.92. The summed E-state index contributed by atoms with van der Waals surface area (Å²) in [4.78, 5) is 5.05. The van der Waals surface area contributed by atoms with Crippen LogP contribution < -0.4 is 5.73 Å². The first-order chi connectivity index (χ1) is 8.28. The second-order valence-electron chi connectivity index (χ2n) is 4.69. The summed E-state index contributed by atoms with van der Waals surface area (Å²) in [6.07, 6.45) is 3.20. The lowest BCUT2D eigenvalue weighted by atomic mass is 10.3. The van der Waals surface area contributed by atoms with Gasteiger partial charge in [-0.25, -0.2) is 0 Å². The predicted molar refractivity (Wildman–Crippen MR) is 69.8 cm³/mol. The van der Waals surface area contributed by atoms with Gasteiger partial charge in [0.2, 0.25) is 0 Å². The van der Waals surface area contributed by atoms with Crippen molar-refractivity contribution in [3.63, 3.8) is 0 Å². The largest absolute Gasteiger partial charge is 0.382 e. The molecule has 2 rings (SSSR count). The van der Waals surface area contributed by atoms with E-state index < -0.39 is 0 Å². The lowest BCUT2D eigenvalue weighted by Gasteiger charge is -2.34. The van der Waals surface area contributed by atoms with Crippen LogP contribution in [0.5, 0.6) is 0 Å². The third kappa shape index (κ3) is 3.71. The maximum absolute atomic E-state index is 5.59. The Hall–Kier alpha value is -1.07. The van der Waals surface area contributed by atoms with Crippen LogP contribution in [0.3, 0.4) is 0 Å². The van der Waals surface area contributed by atoms with Crippen molar-refractivity contribution in [1.29, 1.82) is 0 Å². The van der Waals surface area contributed by atoms with E-state index in [1.807, 2.05) is 16.9 Å². The fraction of sp³-hybridized carbons (Fsp3) is 0.750. The topological polar surface area (TPSA) is 50.3 Å². The number of nitrogen functional groups attached to an aromatic ring is 1. The molecule has 1 aromatic rings. The van der Waals surface area contributed by atoms with E-state index in [-0.39, 0.29) is 0 Å². The molecule has 17 heavy (non-hydrogen) atoms. The number of aromatic nitrogens is 2. The van der Waals surface area contributed by atoms with Crippen LogP contribution >= 0.6 is 0 Å². The Morgan fingerprint density at radius 3 is 2.29 bits per heavy atom. The van der Waals surface area contributed by atoms with Gasteiger partial charge in [0.15, 0.2) is 0 Å². The monoisotopic (exact) mass is 237 g/mol. The standard InChI is InChI=1S/C12H23N5/c1-2-4-15-6-8-16(9-7-15)10-11-17-5-3-12(13)14-17/h3,5H,2,4,6-11H2,1H3,(H2,13,14). The van der Waals surface area contributed by atoms with Gasteiger partial charge in [-0.3, -0.25) is 9.58 Å². The van der Waals surface area contributed by atoms with E-state index in [1.165, 1.54) is 39.1 Å². The summed E-state index contributed by atoms with van der Waals surface area (Å²) in [6.45, 7) is 10.3. The summed E-state index contributed by atoms with van der Waals surface area (Å²) >= 11 is 0. The highest BCUT2D eigenvalue weighted by Gasteiger charge is 2.15. The quantitative estimate of drug-likeness (QED) is 0.810. The number of hydrogen-bond acceptors (Lipinski definition) is 4. The maximum atomic E-state index is 5.59. The Balaban J connectivity index is 1.68. The zero-order chi connectivity index (χ0) is 12.1. The minimum Gasteiger partial charge on any atom is -0.382 e. The van der Waals surface area contributed by atoms with Crippen molar-refractivity contribution >= 4 is 5.82 Å². The van der Waals surface area contributed by atoms with Gasteiger partial charge in [-0.05, 0) is 19.0 Å². The third-order valence-corrected chi connectivity index (χ3v) is 3.31. The molecule has 1 aromatic heterocycles. The molecular formula is C12H23N5. The van der Waals surface area contributed by atoms with E-state index in [9.17, 15) is 0 Å². The molecule has 5 heteroatoms. The van der Waals surface area contributed by atoms with Gasteiger partial charge in [-0.15, -0.1) is 0 Å². The Labute approximate surface area is 103 Å². The molecule has 0 aromatic carbocycles. The van der Waals surface area contributed by atoms with Crippen molar-refractivity contribution in [3.05, 3.63) is 12.3 Å². The highest BCUT2D eigenvalue weighted by atomic mass is 15.3. The molecule has 1 aliphatic heterocycles. The number of nitrogens with two attached hydrogens (primary N) is 1. The SMILES string of the molecule is CCCN1CCN(CCn2ccc(N)n2)CC1. The van der Waals surface area contributed by atoms with Crippen LogP contribution in [0.1, 0.15) is 13.3 Å². The molecule has 2 N–H and O–H groups in total. The normalized spacial score (nSPS) is 18.6. The molecule has 96 valence electrons. The fourth-order valence-corrected chi connectivity index (χ4v) is 2.30. The van der Waals surface area contributed by atoms with Crippen LogP contribution in [0.25, 0.3) is 0 Å². The van der Waals surface area contributed by atoms with Crippen molar-refractivity contribution in [2.75, 3.05) is 45.0 Å². The highest BCUT2D eigenvalue weighted by molar-refractivity contribution is 5.23. The molecule has 0 radical (unpaired) electrons. The van der Waals surface area contributed by atoms with Gasteiger partial charge >= 0.3 is 0 Å². The van der Waals surface area contributed by atoms with E-state index in [2.05, 4.69) is 21.8 Å². The summed E-state index contributed by atoms with van der Waals surface area (Å²) in [6, 6.07) is 1.85. The van der Waals surface area contributed by atoms with Crippen molar-refractivity contribution < 1.29 is 0 Å². The Bertz CT molecular complexity index is 327. The first-order valence-electron chi connectivity index (χ1n) is 6.51. The molecule has 0 unspecified atom stereocenters. The molecule has 0 bridgehead atoms. The average Bonchev–Trinajstić information content (AvgIpc) is 2.75. The maximum Gasteiger partial charge on any atom is 0.145 e. The molecule has 1 aliphatic rings. The smallest absolute Gasteiger partial charge is 0.145 e. The van der Waals surface area contributed by atoms with Crippen LogP contribution in [0.2, 0.25) is 0 Å². The van der Waals surface area contributed by atoms with Crippen LogP contribution in [0, 0.1) is 0 Å². The van der Waals surface area contributed by atoms with E-state index in [0.29, 0.717) is 5.82 Å². The van der Waals surface area contributed by atoms with Crippen LogP contribution in [0.15, 0.2) is 12.3 Å². The van der Waals surface area contributed by atoms with Crippen LogP contribution in [0.4, 0.5) is 5.82 Å². The van der Waals surface area contributed by atoms with Gasteiger partial charge in [0, 0.05) is 38.9 Å². The Kier molecular flexibility index (Phi) is 4.39. The molecule has 1 fully saturated rings. The highest BCUT2D eigenvalue weighted by Crippen LogP contribution is 2.03. The number of piperazine rings is 1. The van der Waals surface area contributed by atoms with Gasteiger partial charge in [-0.1, -0.05) is 6.92 Å². The molecule has 2 heterocycles. The Morgan fingerprint density at radius 2 is 1.76 bits per heavy atom. The average molecular weight is 237 g/mol. The number of hydrogen-bond donors (Lipinski definition) is 1. The lowest BCUT2D eigenvalue weighted by Crippen LogP contribution is -2.47. The molecule has 1 saturated heterocycles. The molecule has 0 atom stereocenters. The van der Waals surface area contributed by atoms with Gasteiger partial charge < -0.3 is 10.6 Å². The molecule has 0 spiro atoms. The molecular weight excluding hydrogens is 214 g/mol. The van der Waals surface area contributed by atoms with Gasteiger partial charge in [-0.2, -0.15) is 5.10 Å². The first kappa shape index (κ1) is 12.4. The van der Waals surface area contributed by atoms with E-state index >= 15 is 0 Å². The van der Waals surface area contributed by atoms with Gasteiger partial charge in [0.25, 0.3) is 0 Å².